The van der Waals surface area contributed by atoms with Gasteiger partial charge in [-0.15, -0.1) is 0 Å². The third kappa shape index (κ3) is 5.22. The molecule has 116 valence electrons. The number of aliphatic hydroxyl groups is 2. The lowest BCUT2D eigenvalue weighted by Crippen LogP contribution is -2.42. The molecule has 0 fully saturated rings. The summed E-state index contributed by atoms with van der Waals surface area (Å²) in [6.45, 7) is 2.77. The van der Waals surface area contributed by atoms with Crippen LogP contribution in [0.2, 0.25) is 0 Å². The fourth-order valence-electron chi connectivity index (χ4n) is 1.51. The van der Waals surface area contributed by atoms with Gasteiger partial charge in [0.25, 0.3) is 0 Å². The van der Waals surface area contributed by atoms with E-state index in [-0.39, 0.29) is 26.1 Å². The first-order chi connectivity index (χ1) is 9.22. The van der Waals surface area contributed by atoms with Crippen LogP contribution in [0.3, 0.4) is 0 Å². The molecular formula is C12H24N4O4. The van der Waals surface area contributed by atoms with Crippen molar-refractivity contribution in [1.29, 1.82) is 0 Å². The van der Waals surface area contributed by atoms with Crippen molar-refractivity contribution in [3.8, 4) is 0 Å². The predicted molar refractivity (Wildman–Crippen MR) is 72.7 cm³/mol. The highest BCUT2D eigenvalue weighted by Gasteiger charge is 2.35. The minimum Gasteiger partial charge on any atom is -0.396 e. The number of azo groups is 1. The van der Waals surface area contributed by atoms with Gasteiger partial charge < -0.3 is 21.7 Å². The fourth-order valence-corrected chi connectivity index (χ4v) is 1.51. The number of carbonyl (C=O) groups excluding carboxylic acids is 2. The third-order valence-electron chi connectivity index (χ3n) is 3.20. The van der Waals surface area contributed by atoms with Crippen LogP contribution in [-0.4, -0.2) is 46.3 Å². The molecule has 0 aromatic heterocycles. The van der Waals surface area contributed by atoms with Gasteiger partial charge in [-0.25, -0.2) is 0 Å². The quantitative estimate of drug-likeness (QED) is 0.399. The van der Waals surface area contributed by atoms with Crippen molar-refractivity contribution in [2.24, 2.45) is 21.7 Å². The van der Waals surface area contributed by atoms with Crippen LogP contribution in [0.4, 0.5) is 0 Å². The molecule has 2 amide bonds. The molecule has 6 N–H and O–H groups in total. The Morgan fingerprint density at radius 3 is 1.40 bits per heavy atom. The van der Waals surface area contributed by atoms with E-state index in [1.165, 1.54) is 13.8 Å². The van der Waals surface area contributed by atoms with Crippen molar-refractivity contribution >= 4 is 11.8 Å². The highest BCUT2D eigenvalue weighted by molar-refractivity contribution is 5.85. The molecule has 0 saturated heterocycles. The van der Waals surface area contributed by atoms with Crippen molar-refractivity contribution in [2.75, 3.05) is 13.2 Å². The molecule has 0 radical (unpaired) electrons. The van der Waals surface area contributed by atoms with Gasteiger partial charge in [-0.2, -0.15) is 10.2 Å². The van der Waals surface area contributed by atoms with Crippen LogP contribution in [-0.2, 0) is 9.59 Å². The molecule has 0 spiro atoms. The van der Waals surface area contributed by atoms with E-state index in [0.29, 0.717) is 12.8 Å². The first kappa shape index (κ1) is 18.5. The first-order valence-corrected chi connectivity index (χ1v) is 6.47. The first-order valence-electron chi connectivity index (χ1n) is 6.47. The van der Waals surface area contributed by atoms with Crippen LogP contribution in [0.5, 0.6) is 0 Å². The monoisotopic (exact) mass is 288 g/mol. The van der Waals surface area contributed by atoms with Gasteiger partial charge in [-0.3, -0.25) is 9.59 Å². The summed E-state index contributed by atoms with van der Waals surface area (Å²) in [6.07, 6.45) is 1.11. The number of hydrogen-bond donors (Lipinski definition) is 4. The van der Waals surface area contributed by atoms with Crippen molar-refractivity contribution < 1.29 is 19.8 Å². The Labute approximate surface area is 118 Å². The average Bonchev–Trinajstić information content (AvgIpc) is 2.40. The van der Waals surface area contributed by atoms with E-state index in [0.717, 1.165) is 0 Å². The summed E-state index contributed by atoms with van der Waals surface area (Å²) in [6, 6.07) is 0. The Balaban J connectivity index is 5.14. The largest absolute Gasteiger partial charge is 0.396 e. The molecule has 8 nitrogen and oxygen atoms in total. The Hall–Kier alpha value is -1.54. The number of rotatable bonds is 10. The topological polar surface area (TPSA) is 151 Å². The zero-order valence-corrected chi connectivity index (χ0v) is 12.0. The van der Waals surface area contributed by atoms with E-state index in [1.54, 1.807) is 0 Å². The molecule has 20 heavy (non-hydrogen) atoms. The molecule has 0 rings (SSSR count). The summed E-state index contributed by atoms with van der Waals surface area (Å²) in [5.74, 6) is -1.38. The zero-order valence-electron chi connectivity index (χ0n) is 12.0. The van der Waals surface area contributed by atoms with Crippen LogP contribution >= 0.6 is 0 Å². The van der Waals surface area contributed by atoms with Gasteiger partial charge in [0.15, 0.2) is 11.1 Å². The van der Waals surface area contributed by atoms with Crippen LogP contribution < -0.4 is 11.5 Å². The second kappa shape index (κ2) is 7.91. The lowest BCUT2D eigenvalue weighted by molar-refractivity contribution is -0.125. The summed E-state index contributed by atoms with van der Waals surface area (Å²) in [5, 5.41) is 25.4. The van der Waals surface area contributed by atoms with E-state index in [2.05, 4.69) is 10.2 Å². The maximum absolute atomic E-state index is 11.5. The molecule has 0 aliphatic rings. The second-order valence-corrected chi connectivity index (χ2v) is 5.13. The molecular weight excluding hydrogens is 264 g/mol. The van der Waals surface area contributed by atoms with E-state index in [4.69, 9.17) is 21.7 Å². The summed E-state index contributed by atoms with van der Waals surface area (Å²) < 4.78 is 0. The molecule has 8 heteroatoms. The number of aliphatic hydroxyl groups excluding tert-OH is 2. The SMILES string of the molecule is CC(CCCO)(N=NC(C)(CCCO)C(N)=O)C(N)=O. The van der Waals surface area contributed by atoms with E-state index in [9.17, 15) is 9.59 Å². The van der Waals surface area contributed by atoms with Gasteiger partial charge in [0, 0.05) is 13.2 Å². The highest BCUT2D eigenvalue weighted by Crippen LogP contribution is 2.23. The molecule has 2 unspecified atom stereocenters. The lowest BCUT2D eigenvalue weighted by atomic mass is 9.95. The second-order valence-electron chi connectivity index (χ2n) is 5.13. The standard InChI is InChI=1S/C12H24N4O4/c1-11(9(13)19,5-3-7-17)15-16-12(2,10(14)20)6-4-8-18/h17-18H,3-8H2,1-2H3,(H2,13,19)(H2,14,20). The Kier molecular flexibility index (Phi) is 7.30. The average molecular weight is 288 g/mol. The normalized spacial score (nSPS) is 17.6. The Morgan fingerprint density at radius 2 is 1.20 bits per heavy atom. The fraction of sp³-hybridized carbons (Fsp3) is 0.833. The molecule has 0 bridgehead atoms. The Morgan fingerprint density at radius 1 is 0.900 bits per heavy atom. The van der Waals surface area contributed by atoms with Crippen LogP contribution in [0, 0.1) is 0 Å². The van der Waals surface area contributed by atoms with E-state index >= 15 is 0 Å². The number of nitrogens with two attached hydrogens (primary N) is 2. The minimum absolute atomic E-state index is 0.101. The van der Waals surface area contributed by atoms with Crippen molar-refractivity contribution in [3.05, 3.63) is 0 Å². The summed E-state index contributed by atoms with van der Waals surface area (Å²) >= 11 is 0. The maximum atomic E-state index is 11.5. The van der Waals surface area contributed by atoms with Gasteiger partial charge in [-0.1, -0.05) is 0 Å². The minimum atomic E-state index is -1.29. The smallest absolute Gasteiger partial charge is 0.246 e. The van der Waals surface area contributed by atoms with E-state index in [1.807, 2.05) is 0 Å². The molecule has 0 aromatic rings. The summed E-state index contributed by atoms with van der Waals surface area (Å²) in [5.41, 5.74) is 7.99. The molecule has 0 heterocycles. The van der Waals surface area contributed by atoms with Crippen LogP contribution in [0.1, 0.15) is 39.5 Å². The Bertz CT molecular complexity index is 340. The molecule has 0 aliphatic carbocycles. The highest BCUT2D eigenvalue weighted by atomic mass is 16.3. The van der Waals surface area contributed by atoms with Crippen molar-refractivity contribution in [2.45, 2.75) is 50.6 Å². The van der Waals surface area contributed by atoms with Gasteiger partial charge in [-0.05, 0) is 39.5 Å². The van der Waals surface area contributed by atoms with Crippen LogP contribution in [0.15, 0.2) is 10.2 Å². The van der Waals surface area contributed by atoms with Gasteiger partial charge in [0.05, 0.1) is 0 Å². The molecule has 0 saturated carbocycles. The van der Waals surface area contributed by atoms with Crippen LogP contribution in [0.25, 0.3) is 0 Å². The number of hydrogen-bond acceptors (Lipinski definition) is 6. The summed E-state index contributed by atoms with van der Waals surface area (Å²) in [7, 11) is 0. The number of primary amides is 2. The number of amides is 2. The number of carbonyl (C=O) groups is 2. The summed E-state index contributed by atoms with van der Waals surface area (Å²) in [4.78, 5) is 22.9. The van der Waals surface area contributed by atoms with Gasteiger partial charge in [0.1, 0.15) is 0 Å². The number of nitrogens with zero attached hydrogens (tertiary/aromatic N) is 2. The van der Waals surface area contributed by atoms with Gasteiger partial charge in [0.2, 0.25) is 11.8 Å². The van der Waals surface area contributed by atoms with E-state index < -0.39 is 22.9 Å². The molecule has 2 atom stereocenters. The predicted octanol–water partition coefficient (Wildman–Crippen LogP) is -0.528. The van der Waals surface area contributed by atoms with Crippen molar-refractivity contribution in [3.63, 3.8) is 0 Å². The maximum Gasteiger partial charge on any atom is 0.246 e. The molecule has 0 aromatic carbocycles. The zero-order chi connectivity index (χ0) is 15.8. The van der Waals surface area contributed by atoms with Gasteiger partial charge >= 0.3 is 0 Å². The molecule has 0 aliphatic heterocycles. The lowest BCUT2D eigenvalue weighted by Gasteiger charge is -2.24. The third-order valence-corrected chi connectivity index (χ3v) is 3.20. The van der Waals surface area contributed by atoms with Crippen molar-refractivity contribution in [1.82, 2.24) is 0 Å².